The summed E-state index contributed by atoms with van der Waals surface area (Å²) in [4.78, 5) is 31.8. The van der Waals surface area contributed by atoms with Crippen LogP contribution >= 0.6 is 22.9 Å². The number of carbonyl (C=O) groups is 2. The summed E-state index contributed by atoms with van der Waals surface area (Å²) in [5.74, 6) is -2.08. The van der Waals surface area contributed by atoms with Crippen LogP contribution in [0.15, 0.2) is 12.1 Å². The number of aromatic nitrogens is 1. The van der Waals surface area contributed by atoms with Crippen LogP contribution in [-0.2, 0) is 20.7 Å². The maximum Gasteiger partial charge on any atom is 0.155 e. The summed E-state index contributed by atoms with van der Waals surface area (Å²) in [6.45, 7) is 3.74. The minimum absolute atomic E-state index is 0.0675. The van der Waals surface area contributed by atoms with E-state index in [1.54, 1.807) is 13.0 Å². The van der Waals surface area contributed by atoms with Gasteiger partial charge in [-0.1, -0.05) is 18.5 Å². The second kappa shape index (κ2) is 6.44. The quantitative estimate of drug-likeness (QED) is 0.687. The molecule has 3 fully saturated rings. The molecule has 1 unspecified atom stereocenters. The number of carbonyl (C=O) groups excluding carboxylic acids is 2. The van der Waals surface area contributed by atoms with Crippen molar-refractivity contribution in [2.75, 3.05) is 0 Å². The predicted molar refractivity (Wildman–Crippen MR) is 104 cm³/mol. The van der Waals surface area contributed by atoms with Crippen molar-refractivity contribution in [2.24, 2.45) is 11.8 Å². The maximum atomic E-state index is 14.6. The highest BCUT2D eigenvalue weighted by molar-refractivity contribution is 7.15. The van der Waals surface area contributed by atoms with Crippen LogP contribution < -0.4 is 0 Å². The minimum atomic E-state index is -0.836. The van der Waals surface area contributed by atoms with E-state index in [1.165, 1.54) is 17.4 Å². The highest BCUT2D eigenvalue weighted by Crippen LogP contribution is 2.53. The summed E-state index contributed by atoms with van der Waals surface area (Å²) in [6.07, 6.45) is 2.06. The zero-order valence-electron chi connectivity index (χ0n) is 15.5. The first-order valence-corrected chi connectivity index (χ1v) is 10.8. The van der Waals surface area contributed by atoms with Crippen molar-refractivity contribution in [3.05, 3.63) is 39.1 Å². The largest absolute Gasteiger partial charge is 0.373 e. The Morgan fingerprint density at radius 2 is 1.86 bits per heavy atom. The lowest BCUT2D eigenvalue weighted by Gasteiger charge is -2.16. The zero-order valence-corrected chi connectivity index (χ0v) is 17.1. The van der Waals surface area contributed by atoms with Crippen molar-refractivity contribution in [3.63, 3.8) is 0 Å². The number of ketones is 2. The van der Waals surface area contributed by atoms with Gasteiger partial charge in [0.15, 0.2) is 11.6 Å². The molecule has 2 aromatic rings. The van der Waals surface area contributed by atoms with Crippen LogP contribution in [0.2, 0.25) is 5.02 Å². The van der Waals surface area contributed by atoms with E-state index < -0.39 is 11.7 Å². The molecule has 0 N–H and O–H groups in total. The van der Waals surface area contributed by atoms with Gasteiger partial charge in [-0.25, -0.2) is 9.37 Å². The lowest BCUT2D eigenvalue weighted by Crippen LogP contribution is -2.29. The summed E-state index contributed by atoms with van der Waals surface area (Å²) in [7, 11) is 0. The average Bonchev–Trinajstić information content (AvgIpc) is 3.37. The molecule has 2 saturated heterocycles. The van der Waals surface area contributed by atoms with E-state index in [1.807, 2.05) is 6.92 Å². The second-order valence-corrected chi connectivity index (χ2v) is 9.36. The van der Waals surface area contributed by atoms with Crippen molar-refractivity contribution in [1.82, 2.24) is 4.98 Å². The van der Waals surface area contributed by atoms with Crippen molar-refractivity contribution in [2.45, 2.75) is 51.2 Å². The fourth-order valence-electron chi connectivity index (χ4n) is 5.12. The smallest absolute Gasteiger partial charge is 0.155 e. The number of aryl methyl sites for hydroxylation is 2. The van der Waals surface area contributed by atoms with E-state index in [2.05, 4.69) is 4.98 Å². The number of halogens is 2. The third-order valence-electron chi connectivity index (χ3n) is 6.29. The zero-order chi connectivity index (χ0) is 19.7. The van der Waals surface area contributed by atoms with Gasteiger partial charge in [0, 0.05) is 15.5 Å². The van der Waals surface area contributed by atoms with Gasteiger partial charge in [-0.15, -0.1) is 11.3 Å². The Kier molecular flexibility index (Phi) is 4.23. The fourth-order valence-corrected chi connectivity index (χ4v) is 6.53. The molecule has 1 aromatic carbocycles. The van der Waals surface area contributed by atoms with Crippen LogP contribution in [0.5, 0.6) is 0 Å². The highest BCUT2D eigenvalue weighted by atomic mass is 35.5. The first-order chi connectivity index (χ1) is 13.4. The molecule has 0 radical (unpaired) electrons. The molecule has 0 spiro atoms. The van der Waals surface area contributed by atoms with Crippen molar-refractivity contribution in [1.29, 1.82) is 0 Å². The molecule has 2 aliphatic heterocycles. The fraction of sp³-hybridized carbons (Fsp3) is 0.476. The van der Waals surface area contributed by atoms with E-state index in [4.69, 9.17) is 16.3 Å². The molecule has 1 saturated carbocycles. The Hall–Kier alpha value is -1.63. The SMILES string of the molecule is CCc1sc(-c2c(C)cc(Cl)cc2F)nc1C1C(=O)[C@@H]2[C@H](C1=O)[C@H]1CC[C@@H]2O1. The number of nitrogens with zero attached hydrogens (tertiary/aromatic N) is 1. The highest BCUT2D eigenvalue weighted by Gasteiger charge is 2.63. The van der Waals surface area contributed by atoms with Crippen molar-refractivity contribution < 1.29 is 18.7 Å². The molecule has 3 aliphatic rings. The molecule has 0 amide bonds. The Morgan fingerprint density at radius 1 is 1.21 bits per heavy atom. The summed E-state index contributed by atoms with van der Waals surface area (Å²) in [5, 5.41) is 0.825. The Labute approximate surface area is 171 Å². The Bertz CT molecular complexity index is 968. The van der Waals surface area contributed by atoms with Gasteiger partial charge in [0.2, 0.25) is 0 Å². The van der Waals surface area contributed by atoms with Gasteiger partial charge in [-0.3, -0.25) is 9.59 Å². The topological polar surface area (TPSA) is 56.3 Å². The molecule has 1 aromatic heterocycles. The lowest BCUT2D eigenvalue weighted by molar-refractivity contribution is -0.127. The van der Waals surface area contributed by atoms with Gasteiger partial charge in [0.1, 0.15) is 16.7 Å². The van der Waals surface area contributed by atoms with Crippen LogP contribution in [0, 0.1) is 24.6 Å². The number of Topliss-reactive ketones (excluding diaryl/α,β-unsaturated/α-hetero) is 2. The molecular formula is C21H19ClFNO3S. The number of thiazole rings is 1. The molecular weight excluding hydrogens is 401 g/mol. The van der Waals surface area contributed by atoms with Gasteiger partial charge < -0.3 is 4.74 Å². The predicted octanol–water partition coefficient (Wildman–Crippen LogP) is 4.50. The minimum Gasteiger partial charge on any atom is -0.373 e. The number of hydrogen-bond donors (Lipinski definition) is 0. The van der Waals surface area contributed by atoms with Crippen LogP contribution in [-0.4, -0.2) is 28.8 Å². The molecule has 4 nitrogen and oxygen atoms in total. The molecule has 7 heteroatoms. The molecule has 2 bridgehead atoms. The molecule has 146 valence electrons. The van der Waals surface area contributed by atoms with Crippen LogP contribution in [0.4, 0.5) is 4.39 Å². The number of hydrogen-bond acceptors (Lipinski definition) is 5. The summed E-state index contributed by atoms with van der Waals surface area (Å²) < 4.78 is 20.4. The number of ether oxygens (including phenoxy) is 1. The number of benzene rings is 1. The first-order valence-electron chi connectivity index (χ1n) is 9.59. The van der Waals surface area contributed by atoms with E-state index >= 15 is 0 Å². The third kappa shape index (κ3) is 2.47. The van der Waals surface area contributed by atoms with Crippen molar-refractivity contribution >= 4 is 34.5 Å². The third-order valence-corrected chi connectivity index (χ3v) is 7.74. The van der Waals surface area contributed by atoms with E-state index in [0.717, 1.165) is 17.7 Å². The monoisotopic (exact) mass is 419 g/mol. The van der Waals surface area contributed by atoms with Gasteiger partial charge in [-0.2, -0.15) is 0 Å². The molecule has 28 heavy (non-hydrogen) atoms. The second-order valence-electron chi connectivity index (χ2n) is 7.84. The number of rotatable bonds is 3. The summed E-state index contributed by atoms with van der Waals surface area (Å²) >= 11 is 7.30. The van der Waals surface area contributed by atoms with Gasteiger partial charge >= 0.3 is 0 Å². The molecule has 1 aliphatic carbocycles. The van der Waals surface area contributed by atoms with Gasteiger partial charge in [-0.05, 0) is 43.9 Å². The standard InChI is InChI=1S/C21H19ClFNO3S/c1-3-13-18(24-21(28-13)14-8(2)6-9(22)7-10(14)23)17-19(25)15-11-4-5-12(27-11)16(15)20(17)26/h6-7,11-12,15-17H,3-5H2,1-2H3/t11-,12+,15-,16+,17?. The normalized spacial score (nSPS) is 31.1. The molecule has 5 rings (SSSR count). The van der Waals surface area contributed by atoms with Crippen LogP contribution in [0.3, 0.4) is 0 Å². The van der Waals surface area contributed by atoms with Crippen LogP contribution in [0.25, 0.3) is 10.6 Å². The molecule has 3 heterocycles. The van der Waals surface area contributed by atoms with Gasteiger partial charge in [0.25, 0.3) is 0 Å². The van der Waals surface area contributed by atoms with Crippen molar-refractivity contribution in [3.8, 4) is 10.6 Å². The van der Waals surface area contributed by atoms with Crippen LogP contribution in [0.1, 0.15) is 41.8 Å². The van der Waals surface area contributed by atoms with Gasteiger partial charge in [0.05, 0.1) is 29.7 Å². The van der Waals surface area contributed by atoms with E-state index in [9.17, 15) is 14.0 Å². The maximum absolute atomic E-state index is 14.6. The van der Waals surface area contributed by atoms with E-state index in [-0.39, 0.29) is 35.6 Å². The molecule has 5 atom stereocenters. The Balaban J connectivity index is 1.59. The van der Waals surface area contributed by atoms with E-state index in [0.29, 0.717) is 33.3 Å². The summed E-state index contributed by atoms with van der Waals surface area (Å²) in [5.41, 5.74) is 1.58. The first kappa shape index (κ1) is 18.4. The lowest BCUT2D eigenvalue weighted by atomic mass is 9.81. The average molecular weight is 420 g/mol. The summed E-state index contributed by atoms with van der Waals surface area (Å²) in [6, 6.07) is 2.96. The Morgan fingerprint density at radius 3 is 2.43 bits per heavy atom. The number of fused-ring (bicyclic) bond motifs is 5.